The van der Waals surface area contributed by atoms with Crippen molar-refractivity contribution >= 4 is 28.7 Å². The van der Waals surface area contributed by atoms with Crippen LogP contribution in [0.15, 0.2) is 16.9 Å². The molecule has 0 aliphatic rings. The topological polar surface area (TPSA) is 59.2 Å². The van der Waals surface area contributed by atoms with E-state index in [1.165, 1.54) is 6.92 Å². The Hall–Kier alpha value is -1.75. The highest BCUT2D eigenvalue weighted by molar-refractivity contribution is 7.94. The highest BCUT2D eigenvalue weighted by atomic mass is 32.2. The number of aromatic amines is 1. The molecule has 4 nitrogen and oxygen atoms in total. The zero-order valence-electron chi connectivity index (χ0n) is 11.3. The summed E-state index contributed by atoms with van der Waals surface area (Å²) < 4.78 is 5.49. The number of ketones is 1. The zero-order valence-corrected chi connectivity index (χ0v) is 12.1. The van der Waals surface area contributed by atoms with Gasteiger partial charge in [0.15, 0.2) is 11.5 Å². The highest BCUT2D eigenvalue weighted by Gasteiger charge is 2.19. The van der Waals surface area contributed by atoms with Crippen molar-refractivity contribution in [3.63, 3.8) is 0 Å². The van der Waals surface area contributed by atoms with Gasteiger partial charge in [0.05, 0.1) is 17.6 Å². The van der Waals surface area contributed by atoms with E-state index in [1.807, 2.05) is 26.0 Å². The number of Topliss-reactive ketones (excluding diaryl/α,β-unsaturated/α-hetero) is 1. The summed E-state index contributed by atoms with van der Waals surface area (Å²) in [5, 5.41) is 0.782. The van der Waals surface area contributed by atoms with Crippen molar-refractivity contribution in [1.82, 2.24) is 4.98 Å². The second-order valence-electron chi connectivity index (χ2n) is 4.47. The van der Waals surface area contributed by atoms with Crippen LogP contribution in [0.2, 0.25) is 0 Å². The molecule has 0 spiro atoms. The first kappa shape index (κ1) is 13.7. The Morgan fingerprint density at radius 3 is 2.58 bits per heavy atom. The molecule has 1 aromatic heterocycles. The van der Waals surface area contributed by atoms with E-state index in [-0.39, 0.29) is 11.3 Å². The lowest BCUT2D eigenvalue weighted by Gasteiger charge is -2.12. The summed E-state index contributed by atoms with van der Waals surface area (Å²) in [6.07, 6.45) is 1.75. The monoisotopic (exact) mass is 277 g/mol. The van der Waals surface area contributed by atoms with E-state index < -0.39 is 5.56 Å². The minimum absolute atomic E-state index is 0.0776. The summed E-state index contributed by atoms with van der Waals surface area (Å²) in [7, 11) is 0. The molecule has 0 aliphatic heterocycles. The first-order chi connectivity index (χ1) is 8.95. The fourth-order valence-corrected chi connectivity index (χ4v) is 2.60. The Morgan fingerprint density at radius 1 is 1.32 bits per heavy atom. The van der Waals surface area contributed by atoms with Gasteiger partial charge in [-0.25, -0.2) is 0 Å². The third kappa shape index (κ3) is 2.38. The Morgan fingerprint density at radius 2 is 2.00 bits per heavy atom. The van der Waals surface area contributed by atoms with Crippen molar-refractivity contribution in [3.05, 3.63) is 39.2 Å². The highest BCUT2D eigenvalue weighted by Crippen LogP contribution is 2.32. The fourth-order valence-electron chi connectivity index (χ4n) is 2.27. The normalized spacial score (nSPS) is 10.7. The Labute approximate surface area is 115 Å². The molecule has 0 saturated carbocycles. The molecular weight excluding hydrogens is 262 g/mol. The first-order valence-corrected chi connectivity index (χ1v) is 6.99. The SMILES string of the molecule is CSOc1c(C(C)=O)c(=O)[nH]c2cc(C)cc(C)c12. The smallest absolute Gasteiger partial charge is 0.263 e. The lowest BCUT2D eigenvalue weighted by atomic mass is 10.0. The van der Waals surface area contributed by atoms with Crippen LogP contribution in [0.1, 0.15) is 28.4 Å². The van der Waals surface area contributed by atoms with Gasteiger partial charge in [0, 0.05) is 11.6 Å². The van der Waals surface area contributed by atoms with Crippen LogP contribution in [0.3, 0.4) is 0 Å². The molecule has 0 fully saturated rings. The van der Waals surface area contributed by atoms with E-state index in [4.69, 9.17) is 4.18 Å². The molecule has 0 amide bonds. The van der Waals surface area contributed by atoms with Gasteiger partial charge < -0.3 is 9.17 Å². The maximum atomic E-state index is 12.0. The van der Waals surface area contributed by atoms with Crippen LogP contribution >= 0.6 is 12.0 Å². The average Bonchev–Trinajstić information content (AvgIpc) is 2.26. The van der Waals surface area contributed by atoms with Crippen LogP contribution in [0.5, 0.6) is 5.75 Å². The van der Waals surface area contributed by atoms with E-state index in [2.05, 4.69) is 4.98 Å². The second-order valence-corrected chi connectivity index (χ2v) is 4.97. The molecule has 1 N–H and O–H groups in total. The van der Waals surface area contributed by atoms with Gasteiger partial charge in [0.2, 0.25) is 0 Å². The number of aromatic nitrogens is 1. The van der Waals surface area contributed by atoms with Crippen molar-refractivity contribution in [2.45, 2.75) is 20.8 Å². The standard InChI is InChI=1S/C14H15NO3S/c1-7-5-8(2)11-10(6-7)15-14(17)12(9(3)16)13(11)18-19-4/h5-6H,1-4H3,(H,15,17). The van der Waals surface area contributed by atoms with Crippen LogP contribution in [-0.4, -0.2) is 17.0 Å². The maximum absolute atomic E-state index is 12.0. The molecule has 19 heavy (non-hydrogen) atoms. The number of hydrogen-bond donors (Lipinski definition) is 1. The van der Waals surface area contributed by atoms with Gasteiger partial charge in [0.25, 0.3) is 5.56 Å². The van der Waals surface area contributed by atoms with E-state index in [0.717, 1.165) is 28.6 Å². The Kier molecular flexibility index (Phi) is 3.66. The summed E-state index contributed by atoms with van der Waals surface area (Å²) in [5.74, 6) is 0.0587. The lowest BCUT2D eigenvalue weighted by Crippen LogP contribution is -2.17. The summed E-state index contributed by atoms with van der Waals surface area (Å²) in [4.78, 5) is 26.5. The third-order valence-electron chi connectivity index (χ3n) is 2.93. The molecular formula is C14H15NO3S. The lowest BCUT2D eigenvalue weighted by molar-refractivity contribution is 0.101. The predicted octanol–water partition coefficient (Wildman–Crippen LogP) is 3.00. The van der Waals surface area contributed by atoms with Gasteiger partial charge in [-0.3, -0.25) is 9.59 Å². The number of aryl methyl sites for hydroxylation is 2. The van der Waals surface area contributed by atoms with Crippen molar-refractivity contribution < 1.29 is 8.98 Å². The molecule has 1 heterocycles. The number of fused-ring (bicyclic) bond motifs is 1. The quantitative estimate of drug-likeness (QED) is 0.692. The maximum Gasteiger partial charge on any atom is 0.263 e. The molecule has 1 aromatic carbocycles. The van der Waals surface area contributed by atoms with Crippen LogP contribution in [0.4, 0.5) is 0 Å². The number of carbonyl (C=O) groups is 1. The predicted molar refractivity (Wildman–Crippen MR) is 78.2 cm³/mol. The number of hydrogen-bond acceptors (Lipinski definition) is 4. The van der Waals surface area contributed by atoms with Crippen molar-refractivity contribution in [2.24, 2.45) is 0 Å². The molecule has 100 valence electrons. The summed E-state index contributed by atoms with van der Waals surface area (Å²) >= 11 is 1.12. The number of nitrogens with one attached hydrogen (secondary N) is 1. The van der Waals surface area contributed by atoms with Gasteiger partial charge in [-0.05, 0) is 38.0 Å². The number of carbonyl (C=O) groups excluding carboxylic acids is 1. The average molecular weight is 277 g/mol. The van der Waals surface area contributed by atoms with Crippen LogP contribution < -0.4 is 9.74 Å². The van der Waals surface area contributed by atoms with E-state index in [1.54, 1.807) is 6.26 Å². The van der Waals surface area contributed by atoms with E-state index in [9.17, 15) is 9.59 Å². The van der Waals surface area contributed by atoms with Crippen LogP contribution in [0, 0.1) is 13.8 Å². The molecule has 0 saturated heterocycles. The zero-order chi connectivity index (χ0) is 14.2. The molecule has 0 atom stereocenters. The van der Waals surface area contributed by atoms with Gasteiger partial charge in [-0.15, -0.1) is 0 Å². The minimum atomic E-state index is -0.408. The molecule has 0 aliphatic carbocycles. The largest absolute Gasteiger partial charge is 0.424 e. The van der Waals surface area contributed by atoms with Crippen molar-refractivity contribution in [3.8, 4) is 5.75 Å². The van der Waals surface area contributed by atoms with Crippen molar-refractivity contribution in [2.75, 3.05) is 6.26 Å². The Bertz CT molecular complexity index is 719. The first-order valence-electron chi connectivity index (χ1n) is 5.84. The van der Waals surface area contributed by atoms with Gasteiger partial charge in [0.1, 0.15) is 5.56 Å². The van der Waals surface area contributed by atoms with Gasteiger partial charge in [-0.1, -0.05) is 6.07 Å². The molecule has 0 unspecified atom stereocenters. The summed E-state index contributed by atoms with van der Waals surface area (Å²) in [6.45, 7) is 5.26. The second kappa shape index (κ2) is 5.09. The summed E-state index contributed by atoms with van der Waals surface area (Å²) in [6, 6.07) is 3.87. The minimum Gasteiger partial charge on any atom is -0.424 e. The van der Waals surface area contributed by atoms with Crippen LogP contribution in [0.25, 0.3) is 10.9 Å². The number of rotatable bonds is 3. The summed E-state index contributed by atoms with van der Waals surface area (Å²) in [5.41, 5.74) is 2.38. The van der Waals surface area contributed by atoms with E-state index >= 15 is 0 Å². The van der Waals surface area contributed by atoms with Gasteiger partial charge >= 0.3 is 0 Å². The number of H-pyrrole nitrogens is 1. The van der Waals surface area contributed by atoms with Crippen LogP contribution in [-0.2, 0) is 0 Å². The number of benzene rings is 1. The third-order valence-corrected chi connectivity index (χ3v) is 3.26. The molecule has 5 heteroatoms. The molecule has 2 rings (SSSR count). The molecule has 2 aromatic rings. The van der Waals surface area contributed by atoms with E-state index in [0.29, 0.717) is 11.3 Å². The molecule has 0 radical (unpaired) electrons. The van der Waals surface area contributed by atoms with Crippen molar-refractivity contribution in [1.29, 1.82) is 0 Å². The molecule has 0 bridgehead atoms. The number of pyridine rings is 1. The Balaban J connectivity index is 2.98. The van der Waals surface area contributed by atoms with Gasteiger partial charge in [-0.2, -0.15) is 0 Å². The fraction of sp³-hybridized carbons (Fsp3) is 0.286.